The standard InChI is InChI=1S/C17H28N2/c1-3-8-17-14-19(12-7-11-18-17)15(2)13-16-9-5-4-6-10-16/h4-6,9-10,15,17-18H,3,7-8,11-14H2,1-2H3. The zero-order valence-corrected chi connectivity index (χ0v) is 12.4. The average Bonchev–Trinajstić information content (AvgIpc) is 2.66. The molecule has 19 heavy (non-hydrogen) atoms. The van der Waals surface area contributed by atoms with Gasteiger partial charge in [-0.15, -0.1) is 0 Å². The van der Waals surface area contributed by atoms with Gasteiger partial charge in [0.05, 0.1) is 0 Å². The van der Waals surface area contributed by atoms with E-state index in [1.54, 1.807) is 0 Å². The Morgan fingerprint density at radius 3 is 2.84 bits per heavy atom. The second-order valence-corrected chi connectivity index (χ2v) is 5.83. The van der Waals surface area contributed by atoms with Crippen LogP contribution < -0.4 is 5.32 Å². The molecule has 1 fully saturated rings. The van der Waals surface area contributed by atoms with E-state index in [-0.39, 0.29) is 0 Å². The zero-order valence-electron chi connectivity index (χ0n) is 12.4. The molecule has 1 saturated heterocycles. The zero-order chi connectivity index (χ0) is 13.5. The smallest absolute Gasteiger partial charge is 0.0195 e. The van der Waals surface area contributed by atoms with Gasteiger partial charge in [-0.25, -0.2) is 0 Å². The highest BCUT2D eigenvalue weighted by molar-refractivity contribution is 5.15. The molecule has 0 saturated carbocycles. The van der Waals surface area contributed by atoms with Gasteiger partial charge in [-0.3, -0.25) is 4.90 Å². The molecule has 2 atom stereocenters. The van der Waals surface area contributed by atoms with Gasteiger partial charge in [0, 0.05) is 18.6 Å². The number of nitrogens with one attached hydrogen (secondary N) is 1. The van der Waals surface area contributed by atoms with Crippen molar-refractivity contribution in [2.45, 2.75) is 51.6 Å². The molecule has 2 unspecified atom stereocenters. The second kappa shape index (κ2) is 7.66. The maximum Gasteiger partial charge on any atom is 0.0195 e. The third kappa shape index (κ3) is 4.63. The van der Waals surface area contributed by atoms with Crippen LogP contribution in [-0.4, -0.2) is 36.6 Å². The SMILES string of the molecule is CCCC1CN(C(C)Cc2ccccc2)CCCN1. The monoisotopic (exact) mass is 260 g/mol. The summed E-state index contributed by atoms with van der Waals surface area (Å²) in [6, 6.07) is 12.2. The van der Waals surface area contributed by atoms with Crippen LogP contribution in [0.1, 0.15) is 38.7 Å². The van der Waals surface area contributed by atoms with Crippen molar-refractivity contribution in [2.24, 2.45) is 0 Å². The Labute approximate surface area is 118 Å². The molecule has 1 aliphatic heterocycles. The lowest BCUT2D eigenvalue weighted by molar-refractivity contribution is 0.201. The van der Waals surface area contributed by atoms with E-state index in [0.29, 0.717) is 12.1 Å². The van der Waals surface area contributed by atoms with Crippen molar-refractivity contribution in [2.75, 3.05) is 19.6 Å². The molecule has 1 heterocycles. The van der Waals surface area contributed by atoms with Crippen molar-refractivity contribution >= 4 is 0 Å². The van der Waals surface area contributed by atoms with Crippen LogP contribution >= 0.6 is 0 Å². The number of hydrogen-bond donors (Lipinski definition) is 1. The molecule has 106 valence electrons. The lowest BCUT2D eigenvalue weighted by Crippen LogP contribution is -2.42. The largest absolute Gasteiger partial charge is 0.313 e. The maximum absolute atomic E-state index is 3.69. The van der Waals surface area contributed by atoms with Crippen LogP contribution in [-0.2, 0) is 6.42 Å². The van der Waals surface area contributed by atoms with E-state index >= 15 is 0 Å². The molecule has 2 nitrogen and oxygen atoms in total. The van der Waals surface area contributed by atoms with Gasteiger partial charge in [0.1, 0.15) is 0 Å². The third-order valence-corrected chi connectivity index (χ3v) is 4.14. The molecule has 2 rings (SSSR count). The van der Waals surface area contributed by atoms with Crippen molar-refractivity contribution in [1.82, 2.24) is 10.2 Å². The topological polar surface area (TPSA) is 15.3 Å². The number of hydrogen-bond acceptors (Lipinski definition) is 2. The van der Waals surface area contributed by atoms with Gasteiger partial charge in [-0.1, -0.05) is 43.7 Å². The van der Waals surface area contributed by atoms with E-state index in [0.717, 1.165) is 0 Å². The average molecular weight is 260 g/mol. The summed E-state index contributed by atoms with van der Waals surface area (Å²) in [6.07, 6.45) is 5.02. The van der Waals surface area contributed by atoms with Gasteiger partial charge < -0.3 is 5.32 Å². The van der Waals surface area contributed by atoms with Gasteiger partial charge in [-0.05, 0) is 44.8 Å². The fraction of sp³-hybridized carbons (Fsp3) is 0.647. The van der Waals surface area contributed by atoms with Crippen LogP contribution in [0.3, 0.4) is 0 Å². The first-order valence-corrected chi connectivity index (χ1v) is 7.81. The van der Waals surface area contributed by atoms with E-state index < -0.39 is 0 Å². The molecule has 1 N–H and O–H groups in total. The third-order valence-electron chi connectivity index (χ3n) is 4.14. The van der Waals surface area contributed by atoms with E-state index in [1.807, 2.05) is 0 Å². The molecule has 1 aromatic carbocycles. The van der Waals surface area contributed by atoms with E-state index in [9.17, 15) is 0 Å². The molecular weight excluding hydrogens is 232 g/mol. The lowest BCUT2D eigenvalue weighted by Gasteiger charge is -2.30. The molecule has 2 heteroatoms. The highest BCUT2D eigenvalue weighted by atomic mass is 15.2. The van der Waals surface area contributed by atoms with Crippen LogP contribution in [0.2, 0.25) is 0 Å². The molecular formula is C17H28N2. The molecule has 0 bridgehead atoms. The Kier molecular flexibility index (Phi) is 5.87. The second-order valence-electron chi connectivity index (χ2n) is 5.83. The molecule has 1 aliphatic rings. The summed E-state index contributed by atoms with van der Waals surface area (Å²) in [7, 11) is 0. The summed E-state index contributed by atoms with van der Waals surface area (Å²) in [6.45, 7) is 8.29. The van der Waals surface area contributed by atoms with Gasteiger partial charge in [-0.2, -0.15) is 0 Å². The predicted octanol–water partition coefficient (Wildman–Crippen LogP) is 3.08. The molecule has 0 spiro atoms. The minimum Gasteiger partial charge on any atom is -0.313 e. The highest BCUT2D eigenvalue weighted by Crippen LogP contribution is 2.13. The first-order valence-electron chi connectivity index (χ1n) is 7.81. The summed E-state index contributed by atoms with van der Waals surface area (Å²) < 4.78 is 0. The molecule has 0 radical (unpaired) electrons. The van der Waals surface area contributed by atoms with Gasteiger partial charge >= 0.3 is 0 Å². The van der Waals surface area contributed by atoms with E-state index in [2.05, 4.69) is 54.4 Å². The summed E-state index contributed by atoms with van der Waals surface area (Å²) in [5.74, 6) is 0. The Hall–Kier alpha value is -0.860. The normalized spacial score (nSPS) is 22.9. The van der Waals surface area contributed by atoms with Crippen LogP contribution in [0.15, 0.2) is 30.3 Å². The first kappa shape index (κ1) is 14.5. The quantitative estimate of drug-likeness (QED) is 0.875. The summed E-state index contributed by atoms with van der Waals surface area (Å²) in [4.78, 5) is 2.67. The van der Waals surface area contributed by atoms with Crippen molar-refractivity contribution in [3.05, 3.63) is 35.9 Å². The Bertz CT molecular complexity index is 350. The summed E-state index contributed by atoms with van der Waals surface area (Å²) in [5.41, 5.74) is 1.46. The van der Waals surface area contributed by atoms with Crippen LogP contribution in [0.5, 0.6) is 0 Å². The minimum absolute atomic E-state index is 0.640. The first-order chi connectivity index (χ1) is 9.29. The Balaban J connectivity index is 1.91. The van der Waals surface area contributed by atoms with Gasteiger partial charge in [0.2, 0.25) is 0 Å². The predicted molar refractivity (Wildman–Crippen MR) is 82.5 cm³/mol. The Morgan fingerprint density at radius 1 is 1.32 bits per heavy atom. The number of nitrogens with zero attached hydrogens (tertiary/aromatic N) is 1. The van der Waals surface area contributed by atoms with Crippen LogP contribution in [0.25, 0.3) is 0 Å². The molecule has 0 amide bonds. The van der Waals surface area contributed by atoms with Crippen LogP contribution in [0.4, 0.5) is 0 Å². The summed E-state index contributed by atoms with van der Waals surface area (Å²) in [5, 5.41) is 3.69. The van der Waals surface area contributed by atoms with E-state index in [1.165, 1.54) is 50.9 Å². The van der Waals surface area contributed by atoms with Crippen molar-refractivity contribution in [3.63, 3.8) is 0 Å². The van der Waals surface area contributed by atoms with Crippen LogP contribution in [0, 0.1) is 0 Å². The Morgan fingerprint density at radius 2 is 2.11 bits per heavy atom. The minimum atomic E-state index is 0.640. The maximum atomic E-state index is 3.69. The molecule has 0 aliphatic carbocycles. The highest BCUT2D eigenvalue weighted by Gasteiger charge is 2.21. The van der Waals surface area contributed by atoms with Crippen molar-refractivity contribution in [1.29, 1.82) is 0 Å². The van der Waals surface area contributed by atoms with Gasteiger partial charge in [0.15, 0.2) is 0 Å². The lowest BCUT2D eigenvalue weighted by atomic mass is 10.0. The van der Waals surface area contributed by atoms with Gasteiger partial charge in [0.25, 0.3) is 0 Å². The van der Waals surface area contributed by atoms with Crippen molar-refractivity contribution in [3.8, 4) is 0 Å². The molecule has 1 aromatic rings. The fourth-order valence-electron chi connectivity index (χ4n) is 3.05. The number of benzene rings is 1. The number of rotatable bonds is 5. The van der Waals surface area contributed by atoms with E-state index in [4.69, 9.17) is 0 Å². The van der Waals surface area contributed by atoms with Crippen molar-refractivity contribution < 1.29 is 0 Å². The summed E-state index contributed by atoms with van der Waals surface area (Å²) >= 11 is 0. The molecule has 0 aromatic heterocycles. The fourth-order valence-corrected chi connectivity index (χ4v) is 3.05.